The Morgan fingerprint density at radius 3 is 2.23 bits per heavy atom. The molecule has 0 aliphatic heterocycles. The van der Waals surface area contributed by atoms with Gasteiger partial charge in [0.25, 0.3) is 5.92 Å². The van der Waals surface area contributed by atoms with E-state index < -0.39 is 56.6 Å². The van der Waals surface area contributed by atoms with Gasteiger partial charge in [-0.25, -0.2) is 8.78 Å². The summed E-state index contributed by atoms with van der Waals surface area (Å²) < 4.78 is 115. The predicted molar refractivity (Wildman–Crippen MR) is 112 cm³/mol. The lowest BCUT2D eigenvalue weighted by atomic mass is 10.1. The first kappa shape index (κ1) is 28.9. The zero-order valence-electron chi connectivity index (χ0n) is 18.3. The summed E-state index contributed by atoms with van der Waals surface area (Å²) in [4.78, 5) is 0.486. The van der Waals surface area contributed by atoms with Crippen LogP contribution in [0, 0.1) is 0 Å². The Labute approximate surface area is 201 Å². The van der Waals surface area contributed by atoms with Crippen LogP contribution in [-0.2, 0) is 13.0 Å². The molecule has 2 rings (SSSR count). The second kappa shape index (κ2) is 11.6. The van der Waals surface area contributed by atoms with E-state index in [2.05, 4.69) is 4.74 Å². The molecule has 1 N–H and O–H groups in total. The second-order valence-electron chi connectivity index (χ2n) is 7.63. The second-order valence-corrected chi connectivity index (χ2v) is 8.04. The average molecular weight is 536 g/mol. The number of rotatable bonds is 11. The number of aryl methyl sites for hydroxylation is 1. The van der Waals surface area contributed by atoms with Crippen LogP contribution < -0.4 is 9.47 Å². The number of aliphatic hydroxyl groups excluding tert-OH is 1. The van der Waals surface area contributed by atoms with E-state index in [1.165, 1.54) is 30.3 Å². The van der Waals surface area contributed by atoms with Crippen molar-refractivity contribution in [3.8, 4) is 11.5 Å². The molecule has 196 valence electrons. The molecule has 2 aromatic carbocycles. The van der Waals surface area contributed by atoms with Gasteiger partial charge in [0, 0.05) is 23.7 Å². The maximum Gasteiger partial charge on any atom is 0.573 e. The Kier molecular flexibility index (Phi) is 9.60. The van der Waals surface area contributed by atoms with E-state index >= 15 is 0 Å². The number of hydrogen-bond acceptors (Lipinski definition) is 4. The Hall–Kier alpha value is -2.31. The molecule has 0 heterocycles. The summed E-state index contributed by atoms with van der Waals surface area (Å²) in [6.07, 6.45) is -12.8. The van der Waals surface area contributed by atoms with E-state index in [0.29, 0.717) is 21.9 Å². The van der Waals surface area contributed by atoms with Gasteiger partial charge in [0.15, 0.2) is 12.7 Å². The van der Waals surface area contributed by atoms with Gasteiger partial charge < -0.3 is 14.6 Å². The summed E-state index contributed by atoms with van der Waals surface area (Å²) in [6.45, 7) is -2.92. The van der Waals surface area contributed by atoms with Crippen LogP contribution in [0.25, 0.3) is 0 Å². The number of benzene rings is 2. The number of aliphatic hydroxyl groups is 1. The molecule has 0 aliphatic rings. The molecule has 0 saturated heterocycles. The van der Waals surface area contributed by atoms with Crippen LogP contribution in [0.3, 0.4) is 0 Å². The summed E-state index contributed by atoms with van der Waals surface area (Å²) in [5.74, 6) is -4.45. The molecule has 0 aliphatic carbocycles. The monoisotopic (exact) mass is 535 g/mol. The maximum atomic E-state index is 14.7. The van der Waals surface area contributed by atoms with Crippen molar-refractivity contribution < 1.29 is 49.7 Å². The first-order valence-corrected chi connectivity index (χ1v) is 10.6. The lowest BCUT2D eigenvalue weighted by molar-refractivity contribution is -0.275. The van der Waals surface area contributed by atoms with E-state index in [0.717, 1.165) is 12.1 Å². The molecule has 13 heteroatoms. The topological polar surface area (TPSA) is 41.9 Å². The highest BCUT2D eigenvalue weighted by Gasteiger charge is 2.42. The molecule has 2 aromatic rings. The summed E-state index contributed by atoms with van der Waals surface area (Å²) in [5.41, 5.74) is 0.324. The van der Waals surface area contributed by atoms with Crippen molar-refractivity contribution in [2.24, 2.45) is 0 Å². The highest BCUT2D eigenvalue weighted by atomic mass is 35.5. The fraction of sp³-hybridized carbons (Fsp3) is 0.455. The first-order valence-electron chi connectivity index (χ1n) is 10.2. The Morgan fingerprint density at radius 1 is 0.971 bits per heavy atom. The lowest BCUT2D eigenvalue weighted by Crippen LogP contribution is -2.46. The molecule has 0 fully saturated rings. The highest BCUT2D eigenvalue weighted by molar-refractivity contribution is 6.31. The number of alkyl halides is 8. The number of halogens is 9. The van der Waals surface area contributed by atoms with Crippen LogP contribution in [0.15, 0.2) is 42.5 Å². The van der Waals surface area contributed by atoms with Gasteiger partial charge in [-0.05, 0) is 36.2 Å². The minimum Gasteiger partial charge on any atom is -0.487 e. The van der Waals surface area contributed by atoms with Gasteiger partial charge >= 0.3 is 12.5 Å². The maximum absolute atomic E-state index is 14.7. The largest absolute Gasteiger partial charge is 0.573 e. The zero-order chi connectivity index (χ0) is 26.4. The summed E-state index contributed by atoms with van der Waals surface area (Å²) in [5, 5.41) is 9.81. The molecule has 4 nitrogen and oxygen atoms in total. The van der Waals surface area contributed by atoms with Gasteiger partial charge in [-0.1, -0.05) is 36.7 Å². The number of hydrogen-bond donors (Lipinski definition) is 1. The number of ether oxygens (including phenoxy) is 2. The molecule has 1 unspecified atom stereocenters. The Balaban J connectivity index is 2.21. The summed E-state index contributed by atoms with van der Waals surface area (Å²) >= 11 is 5.96. The summed E-state index contributed by atoms with van der Waals surface area (Å²) in [7, 11) is 0. The van der Waals surface area contributed by atoms with Crippen LogP contribution in [0.1, 0.15) is 18.1 Å². The molecule has 0 bridgehead atoms. The molecule has 35 heavy (non-hydrogen) atoms. The van der Waals surface area contributed by atoms with E-state index in [1.54, 1.807) is 6.92 Å². The van der Waals surface area contributed by atoms with Crippen molar-refractivity contribution in [3.05, 3.63) is 58.6 Å². The fourth-order valence-corrected chi connectivity index (χ4v) is 3.36. The smallest absolute Gasteiger partial charge is 0.487 e. The van der Waals surface area contributed by atoms with Gasteiger partial charge in [-0.3, -0.25) is 4.90 Å². The third-order valence-corrected chi connectivity index (χ3v) is 5.07. The molecule has 0 aromatic heterocycles. The third kappa shape index (κ3) is 9.69. The Bertz CT molecular complexity index is 968. The molecular weight excluding hydrogens is 514 g/mol. The highest BCUT2D eigenvalue weighted by Crippen LogP contribution is 2.30. The standard InChI is InChI=1S/C22H22ClF8NO3/c1-2-14-9-16(7-8-17(14)23)34-13-20(24,25)12-32(11-19(33)21(26,27)28)10-15-5-3-4-6-18(15)35-22(29,30)31/h3-9,19,33H,2,10-13H2,1H3. The quantitative estimate of drug-likeness (QED) is 0.346. The number of nitrogens with zero attached hydrogens (tertiary/aromatic N) is 1. The van der Waals surface area contributed by atoms with Crippen molar-refractivity contribution in [2.75, 3.05) is 19.7 Å². The first-order chi connectivity index (χ1) is 16.1. The predicted octanol–water partition coefficient (Wildman–Crippen LogP) is 6.24. The van der Waals surface area contributed by atoms with Crippen molar-refractivity contribution in [1.29, 1.82) is 0 Å². The third-order valence-electron chi connectivity index (χ3n) is 4.70. The van der Waals surface area contributed by atoms with Gasteiger partial charge in [-0.2, -0.15) is 13.2 Å². The Morgan fingerprint density at radius 2 is 1.63 bits per heavy atom. The number of para-hydroxylation sites is 1. The van der Waals surface area contributed by atoms with Crippen LogP contribution in [-0.4, -0.2) is 54.3 Å². The molecule has 0 radical (unpaired) electrons. The van der Waals surface area contributed by atoms with Gasteiger partial charge in [0.1, 0.15) is 11.5 Å². The van der Waals surface area contributed by atoms with E-state index in [-0.39, 0.29) is 11.3 Å². The van der Waals surface area contributed by atoms with Crippen LogP contribution in [0.2, 0.25) is 5.02 Å². The van der Waals surface area contributed by atoms with Crippen LogP contribution >= 0.6 is 11.6 Å². The molecule has 0 amide bonds. The van der Waals surface area contributed by atoms with Crippen molar-refractivity contribution in [3.63, 3.8) is 0 Å². The normalized spacial score (nSPS) is 13.7. The van der Waals surface area contributed by atoms with Crippen molar-refractivity contribution >= 4 is 11.6 Å². The van der Waals surface area contributed by atoms with Gasteiger partial charge in [0.05, 0.1) is 6.54 Å². The minimum atomic E-state index is -5.13. The summed E-state index contributed by atoms with van der Waals surface area (Å²) in [6, 6.07) is 8.65. The minimum absolute atomic E-state index is 0.0525. The fourth-order valence-electron chi connectivity index (χ4n) is 3.11. The van der Waals surface area contributed by atoms with E-state index in [1.807, 2.05) is 0 Å². The molecule has 1 atom stereocenters. The van der Waals surface area contributed by atoms with E-state index in [4.69, 9.17) is 16.3 Å². The van der Waals surface area contributed by atoms with Crippen LogP contribution in [0.5, 0.6) is 11.5 Å². The zero-order valence-corrected chi connectivity index (χ0v) is 19.0. The lowest BCUT2D eigenvalue weighted by Gasteiger charge is -2.30. The van der Waals surface area contributed by atoms with Crippen LogP contribution in [0.4, 0.5) is 35.1 Å². The average Bonchev–Trinajstić information content (AvgIpc) is 2.72. The van der Waals surface area contributed by atoms with Gasteiger partial charge in [-0.15, -0.1) is 13.2 Å². The molecule has 0 saturated carbocycles. The molecular formula is C22H22ClF8NO3. The van der Waals surface area contributed by atoms with Gasteiger partial charge in [0.2, 0.25) is 0 Å². The van der Waals surface area contributed by atoms with E-state index in [9.17, 15) is 40.2 Å². The SMILES string of the molecule is CCc1cc(OCC(F)(F)CN(Cc2ccccc2OC(F)(F)F)CC(O)C(F)(F)F)ccc1Cl. The van der Waals surface area contributed by atoms with Crippen molar-refractivity contribution in [2.45, 2.75) is 44.5 Å². The van der Waals surface area contributed by atoms with Crippen molar-refractivity contribution in [1.82, 2.24) is 4.90 Å². The molecule has 0 spiro atoms.